The van der Waals surface area contributed by atoms with Crippen molar-refractivity contribution in [1.29, 1.82) is 0 Å². The third-order valence-corrected chi connectivity index (χ3v) is 3.51. The van der Waals surface area contributed by atoms with Crippen LogP contribution in [0, 0.1) is 17.8 Å². The van der Waals surface area contributed by atoms with Crippen LogP contribution in [0.4, 0.5) is 0 Å². The molecule has 1 atom stereocenters. The van der Waals surface area contributed by atoms with Gasteiger partial charge in [0.25, 0.3) is 0 Å². The molecule has 0 aliphatic heterocycles. The fraction of sp³-hybridized carbons (Fsp3) is 0.857. The van der Waals surface area contributed by atoms with Crippen LogP contribution in [-0.4, -0.2) is 12.6 Å². The standard InChI is InChI=1S/C14H25N/c1-4-5-6-12-15-13-8-7-10-14(2,3)11-9-13/h1,13,15H,5-12H2,2-3H3. The van der Waals surface area contributed by atoms with E-state index in [-0.39, 0.29) is 0 Å². The molecular weight excluding hydrogens is 182 g/mol. The van der Waals surface area contributed by atoms with E-state index in [9.17, 15) is 0 Å². The predicted octanol–water partition coefficient (Wildman–Crippen LogP) is 3.35. The number of hydrogen-bond donors (Lipinski definition) is 1. The van der Waals surface area contributed by atoms with Gasteiger partial charge >= 0.3 is 0 Å². The molecule has 0 bridgehead atoms. The average molecular weight is 207 g/mol. The van der Waals surface area contributed by atoms with Gasteiger partial charge in [-0.25, -0.2) is 0 Å². The van der Waals surface area contributed by atoms with Crippen molar-refractivity contribution in [3.8, 4) is 12.3 Å². The molecular formula is C14H25N. The quantitative estimate of drug-likeness (QED) is 0.423. The first-order valence-electron chi connectivity index (χ1n) is 6.31. The van der Waals surface area contributed by atoms with Gasteiger partial charge in [-0.1, -0.05) is 20.3 Å². The Morgan fingerprint density at radius 2 is 2.13 bits per heavy atom. The van der Waals surface area contributed by atoms with Crippen LogP contribution in [-0.2, 0) is 0 Å². The Morgan fingerprint density at radius 3 is 2.87 bits per heavy atom. The second-order valence-electron chi connectivity index (χ2n) is 5.55. The Kier molecular flexibility index (Phi) is 5.19. The first-order chi connectivity index (χ1) is 7.14. The lowest BCUT2D eigenvalue weighted by Crippen LogP contribution is -2.29. The lowest BCUT2D eigenvalue weighted by molar-refractivity contribution is 0.310. The van der Waals surface area contributed by atoms with Gasteiger partial charge in [0.05, 0.1) is 0 Å². The minimum Gasteiger partial charge on any atom is -0.314 e. The normalized spacial score (nSPS) is 25.5. The van der Waals surface area contributed by atoms with E-state index in [1.807, 2.05) is 0 Å². The molecule has 1 saturated carbocycles. The van der Waals surface area contributed by atoms with Crippen molar-refractivity contribution in [2.45, 2.75) is 64.8 Å². The van der Waals surface area contributed by atoms with Crippen LogP contribution < -0.4 is 5.32 Å². The maximum absolute atomic E-state index is 5.23. The van der Waals surface area contributed by atoms with Crippen molar-refractivity contribution in [3.05, 3.63) is 0 Å². The largest absolute Gasteiger partial charge is 0.314 e. The summed E-state index contributed by atoms with van der Waals surface area (Å²) in [4.78, 5) is 0. The van der Waals surface area contributed by atoms with Gasteiger partial charge in [-0.15, -0.1) is 12.3 Å². The molecule has 86 valence electrons. The molecule has 1 fully saturated rings. The topological polar surface area (TPSA) is 12.0 Å². The summed E-state index contributed by atoms with van der Waals surface area (Å²) in [5.74, 6) is 2.69. The van der Waals surface area contributed by atoms with Gasteiger partial charge in [0.15, 0.2) is 0 Å². The highest BCUT2D eigenvalue weighted by molar-refractivity contribution is 4.84. The lowest BCUT2D eigenvalue weighted by Gasteiger charge is -2.22. The summed E-state index contributed by atoms with van der Waals surface area (Å²) in [5, 5.41) is 3.64. The zero-order chi connectivity index (χ0) is 11.1. The maximum atomic E-state index is 5.23. The number of terminal acetylenes is 1. The van der Waals surface area contributed by atoms with Crippen LogP contribution in [0.15, 0.2) is 0 Å². The SMILES string of the molecule is C#CCCCNC1CCCC(C)(C)CC1. The molecule has 15 heavy (non-hydrogen) atoms. The molecule has 0 aromatic heterocycles. The Morgan fingerprint density at radius 1 is 1.33 bits per heavy atom. The Labute approximate surface area is 95.0 Å². The molecule has 0 amide bonds. The minimum atomic E-state index is 0.565. The molecule has 1 heteroatoms. The Hall–Kier alpha value is -0.480. The highest BCUT2D eigenvalue weighted by atomic mass is 14.9. The van der Waals surface area contributed by atoms with Crippen LogP contribution in [0.25, 0.3) is 0 Å². The van der Waals surface area contributed by atoms with Gasteiger partial charge in [-0.05, 0) is 44.1 Å². The highest BCUT2D eigenvalue weighted by Gasteiger charge is 2.23. The summed E-state index contributed by atoms with van der Waals surface area (Å²) in [6, 6.07) is 0.740. The molecule has 1 aliphatic carbocycles. The summed E-state index contributed by atoms with van der Waals surface area (Å²) < 4.78 is 0. The zero-order valence-corrected chi connectivity index (χ0v) is 10.3. The summed E-state index contributed by atoms with van der Waals surface area (Å²) in [6.07, 6.45) is 14.1. The fourth-order valence-corrected chi connectivity index (χ4v) is 2.36. The maximum Gasteiger partial charge on any atom is 0.00981 e. The molecule has 0 spiro atoms. The number of unbranched alkanes of at least 4 members (excludes halogenated alkanes) is 1. The first-order valence-corrected chi connectivity index (χ1v) is 6.31. The lowest BCUT2D eigenvalue weighted by atomic mass is 9.85. The third-order valence-electron chi connectivity index (χ3n) is 3.51. The molecule has 1 unspecified atom stereocenters. The number of rotatable bonds is 4. The molecule has 0 saturated heterocycles. The van der Waals surface area contributed by atoms with Gasteiger partial charge < -0.3 is 5.32 Å². The number of hydrogen-bond acceptors (Lipinski definition) is 1. The molecule has 0 heterocycles. The van der Waals surface area contributed by atoms with Gasteiger partial charge in [-0.2, -0.15) is 0 Å². The van der Waals surface area contributed by atoms with Crippen molar-refractivity contribution in [1.82, 2.24) is 5.32 Å². The smallest absolute Gasteiger partial charge is 0.00981 e. The van der Waals surface area contributed by atoms with Crippen molar-refractivity contribution in [2.24, 2.45) is 5.41 Å². The Balaban J connectivity index is 2.18. The summed E-state index contributed by atoms with van der Waals surface area (Å²) >= 11 is 0. The fourth-order valence-electron chi connectivity index (χ4n) is 2.36. The van der Waals surface area contributed by atoms with Crippen LogP contribution >= 0.6 is 0 Å². The molecule has 1 rings (SSSR count). The van der Waals surface area contributed by atoms with Gasteiger partial charge in [-0.3, -0.25) is 0 Å². The van der Waals surface area contributed by atoms with E-state index < -0.39 is 0 Å². The second kappa shape index (κ2) is 6.18. The van der Waals surface area contributed by atoms with Crippen molar-refractivity contribution in [2.75, 3.05) is 6.54 Å². The molecule has 1 nitrogen and oxygen atoms in total. The monoisotopic (exact) mass is 207 g/mol. The third kappa shape index (κ3) is 5.23. The molecule has 1 N–H and O–H groups in total. The highest BCUT2D eigenvalue weighted by Crippen LogP contribution is 2.33. The van der Waals surface area contributed by atoms with Crippen molar-refractivity contribution < 1.29 is 0 Å². The molecule has 1 aliphatic rings. The number of nitrogens with one attached hydrogen (secondary N) is 1. The van der Waals surface area contributed by atoms with Gasteiger partial charge in [0, 0.05) is 12.5 Å². The second-order valence-corrected chi connectivity index (χ2v) is 5.55. The van der Waals surface area contributed by atoms with E-state index in [1.165, 1.54) is 32.1 Å². The van der Waals surface area contributed by atoms with Crippen molar-refractivity contribution in [3.63, 3.8) is 0 Å². The van der Waals surface area contributed by atoms with Crippen molar-refractivity contribution >= 4 is 0 Å². The van der Waals surface area contributed by atoms with Crippen LogP contribution in [0.3, 0.4) is 0 Å². The van der Waals surface area contributed by atoms with E-state index in [0.717, 1.165) is 25.4 Å². The zero-order valence-electron chi connectivity index (χ0n) is 10.3. The minimum absolute atomic E-state index is 0.565. The van der Waals surface area contributed by atoms with E-state index in [1.54, 1.807) is 0 Å². The van der Waals surface area contributed by atoms with E-state index in [4.69, 9.17) is 6.42 Å². The first kappa shape index (κ1) is 12.6. The van der Waals surface area contributed by atoms with E-state index >= 15 is 0 Å². The molecule has 0 aromatic carbocycles. The average Bonchev–Trinajstić information content (AvgIpc) is 2.35. The van der Waals surface area contributed by atoms with Crippen LogP contribution in [0.2, 0.25) is 0 Å². The Bertz CT molecular complexity index is 212. The summed E-state index contributed by atoms with van der Waals surface area (Å²) in [5.41, 5.74) is 0.565. The van der Waals surface area contributed by atoms with E-state index in [2.05, 4.69) is 25.1 Å². The summed E-state index contributed by atoms with van der Waals surface area (Å²) in [7, 11) is 0. The van der Waals surface area contributed by atoms with Crippen LogP contribution in [0.1, 0.15) is 58.8 Å². The summed E-state index contributed by atoms with van der Waals surface area (Å²) in [6.45, 7) is 5.89. The van der Waals surface area contributed by atoms with Crippen LogP contribution in [0.5, 0.6) is 0 Å². The van der Waals surface area contributed by atoms with Gasteiger partial charge in [0.2, 0.25) is 0 Å². The molecule has 0 aromatic rings. The van der Waals surface area contributed by atoms with Gasteiger partial charge in [0.1, 0.15) is 0 Å². The molecule has 0 radical (unpaired) electrons. The predicted molar refractivity (Wildman–Crippen MR) is 66.7 cm³/mol. The van der Waals surface area contributed by atoms with E-state index in [0.29, 0.717) is 5.41 Å².